The summed E-state index contributed by atoms with van der Waals surface area (Å²) in [4.78, 5) is 0. The SMILES string of the molecule is O=S(=O)(CC(F)(F)F)OC1CCCC(OS(=O)(=O)CC(F)(F)F)C1. The van der Waals surface area contributed by atoms with E-state index < -0.39 is 62.7 Å². The molecule has 0 amide bonds. The monoisotopic (exact) mass is 408 g/mol. The van der Waals surface area contributed by atoms with E-state index in [1.165, 1.54) is 0 Å². The molecule has 0 radical (unpaired) electrons. The first kappa shape index (κ1) is 21.4. The van der Waals surface area contributed by atoms with Crippen LogP contribution >= 0.6 is 0 Å². The normalized spacial score (nSPS) is 24.1. The van der Waals surface area contributed by atoms with E-state index in [-0.39, 0.29) is 19.3 Å². The third-order valence-corrected chi connectivity index (χ3v) is 5.32. The molecule has 0 aromatic carbocycles. The van der Waals surface area contributed by atoms with Crippen LogP contribution in [-0.4, -0.2) is 52.9 Å². The number of alkyl halides is 6. The Bertz CT molecular complexity index is 569. The summed E-state index contributed by atoms with van der Waals surface area (Å²) < 4.78 is 126. The summed E-state index contributed by atoms with van der Waals surface area (Å²) in [5.74, 6) is -4.43. The molecule has 14 heteroatoms. The molecule has 1 fully saturated rings. The lowest BCUT2D eigenvalue weighted by Gasteiger charge is -2.28. The molecule has 0 spiro atoms. The van der Waals surface area contributed by atoms with E-state index in [4.69, 9.17) is 0 Å². The maximum atomic E-state index is 12.1. The Hall–Kier alpha value is -0.600. The van der Waals surface area contributed by atoms with Crippen molar-refractivity contribution in [2.75, 3.05) is 11.5 Å². The van der Waals surface area contributed by atoms with Gasteiger partial charge in [0.25, 0.3) is 20.2 Å². The van der Waals surface area contributed by atoms with Crippen LogP contribution in [0.5, 0.6) is 0 Å². The molecule has 144 valence electrons. The van der Waals surface area contributed by atoms with Crippen molar-refractivity contribution in [2.24, 2.45) is 0 Å². The van der Waals surface area contributed by atoms with Gasteiger partial charge in [-0.2, -0.15) is 43.2 Å². The predicted octanol–water partition coefficient (Wildman–Crippen LogP) is 2.12. The molecule has 2 atom stereocenters. The zero-order chi connectivity index (χ0) is 18.8. The lowest BCUT2D eigenvalue weighted by Crippen LogP contribution is -2.35. The van der Waals surface area contributed by atoms with Crippen molar-refractivity contribution >= 4 is 20.2 Å². The van der Waals surface area contributed by atoms with E-state index in [0.29, 0.717) is 0 Å². The molecule has 0 heterocycles. The van der Waals surface area contributed by atoms with Crippen LogP contribution in [0.4, 0.5) is 26.3 Å². The van der Waals surface area contributed by atoms with Crippen LogP contribution in [0.3, 0.4) is 0 Å². The molecule has 24 heavy (non-hydrogen) atoms. The summed E-state index contributed by atoms with van der Waals surface area (Å²) in [6, 6.07) is 0. The number of hydrogen-bond acceptors (Lipinski definition) is 6. The first-order chi connectivity index (χ1) is 10.6. The van der Waals surface area contributed by atoms with Crippen molar-refractivity contribution in [3.05, 3.63) is 0 Å². The zero-order valence-corrected chi connectivity index (χ0v) is 13.6. The summed E-state index contributed by atoms with van der Waals surface area (Å²) in [7, 11) is -9.89. The van der Waals surface area contributed by atoms with Crippen molar-refractivity contribution in [1.29, 1.82) is 0 Å². The maximum Gasteiger partial charge on any atom is 0.405 e. The van der Waals surface area contributed by atoms with Crippen LogP contribution in [0.25, 0.3) is 0 Å². The van der Waals surface area contributed by atoms with Crippen molar-refractivity contribution in [1.82, 2.24) is 0 Å². The second-order valence-electron chi connectivity index (χ2n) is 5.24. The van der Waals surface area contributed by atoms with E-state index in [9.17, 15) is 43.2 Å². The number of hydrogen-bond donors (Lipinski definition) is 0. The molecule has 0 bridgehead atoms. The van der Waals surface area contributed by atoms with Crippen molar-refractivity contribution in [3.63, 3.8) is 0 Å². The Morgan fingerprint density at radius 3 is 1.38 bits per heavy atom. The Kier molecular flexibility index (Phi) is 6.55. The fourth-order valence-corrected chi connectivity index (χ4v) is 4.28. The molecule has 0 aliphatic heterocycles. The van der Waals surface area contributed by atoms with Crippen molar-refractivity contribution in [3.8, 4) is 0 Å². The van der Waals surface area contributed by atoms with Gasteiger partial charge in [-0.05, 0) is 19.3 Å². The molecular weight excluding hydrogens is 394 g/mol. The fourth-order valence-electron chi connectivity index (χ4n) is 2.16. The van der Waals surface area contributed by atoms with Crippen molar-refractivity contribution in [2.45, 2.75) is 50.2 Å². The predicted molar refractivity (Wildman–Crippen MR) is 67.9 cm³/mol. The van der Waals surface area contributed by atoms with E-state index in [1.807, 2.05) is 0 Å². The van der Waals surface area contributed by atoms with E-state index >= 15 is 0 Å². The first-order valence-corrected chi connectivity index (χ1v) is 9.68. The Morgan fingerprint density at radius 1 is 0.750 bits per heavy atom. The topological polar surface area (TPSA) is 86.7 Å². The van der Waals surface area contributed by atoms with Crippen LogP contribution in [0, 0.1) is 0 Å². The fraction of sp³-hybridized carbons (Fsp3) is 1.00. The van der Waals surface area contributed by atoms with Crippen LogP contribution in [-0.2, 0) is 28.6 Å². The second kappa shape index (κ2) is 7.33. The minimum absolute atomic E-state index is 0.0102. The first-order valence-electron chi connectivity index (χ1n) is 6.52. The minimum Gasteiger partial charge on any atom is -0.266 e. The van der Waals surface area contributed by atoms with Gasteiger partial charge in [0.1, 0.15) is 0 Å². The smallest absolute Gasteiger partial charge is 0.266 e. The highest BCUT2D eigenvalue weighted by Crippen LogP contribution is 2.29. The molecule has 1 saturated carbocycles. The zero-order valence-electron chi connectivity index (χ0n) is 11.9. The largest absolute Gasteiger partial charge is 0.405 e. The molecule has 1 aliphatic carbocycles. The van der Waals surface area contributed by atoms with Gasteiger partial charge in [-0.3, -0.25) is 8.37 Å². The Morgan fingerprint density at radius 2 is 1.08 bits per heavy atom. The van der Waals surface area contributed by atoms with Gasteiger partial charge >= 0.3 is 12.4 Å². The number of rotatable bonds is 6. The average Bonchev–Trinajstić information content (AvgIpc) is 2.19. The van der Waals surface area contributed by atoms with Crippen LogP contribution in [0.1, 0.15) is 25.7 Å². The summed E-state index contributed by atoms with van der Waals surface area (Å²) in [6.07, 6.45) is -12.9. The molecule has 0 saturated heterocycles. The van der Waals surface area contributed by atoms with Crippen LogP contribution in [0.15, 0.2) is 0 Å². The molecule has 0 aromatic heterocycles. The second-order valence-corrected chi connectivity index (χ2v) is 8.43. The third-order valence-electron chi connectivity index (χ3n) is 2.82. The molecule has 0 N–H and O–H groups in total. The lowest BCUT2D eigenvalue weighted by atomic mass is 9.95. The average molecular weight is 408 g/mol. The van der Waals surface area contributed by atoms with Gasteiger partial charge in [0.15, 0.2) is 11.5 Å². The highest BCUT2D eigenvalue weighted by Gasteiger charge is 2.40. The summed E-state index contributed by atoms with van der Waals surface area (Å²) in [5.41, 5.74) is 0. The molecular formula is C10H14F6O6S2. The lowest BCUT2D eigenvalue weighted by molar-refractivity contribution is -0.108. The van der Waals surface area contributed by atoms with Gasteiger partial charge in [-0.1, -0.05) is 0 Å². The van der Waals surface area contributed by atoms with Crippen LogP contribution in [0.2, 0.25) is 0 Å². The Balaban J connectivity index is 2.65. The standard InChI is InChI=1S/C10H14F6O6S2/c11-9(12,13)5-23(17,18)21-7-2-1-3-8(4-7)22-24(19,20)6-10(14,15)16/h7-8H,1-6H2. The highest BCUT2D eigenvalue weighted by atomic mass is 32.2. The van der Waals surface area contributed by atoms with Gasteiger partial charge in [-0.25, -0.2) is 0 Å². The minimum atomic E-state index is -5.01. The van der Waals surface area contributed by atoms with E-state index in [2.05, 4.69) is 8.37 Å². The summed E-state index contributed by atoms with van der Waals surface area (Å²) in [6.45, 7) is 0. The van der Waals surface area contributed by atoms with Gasteiger partial charge in [-0.15, -0.1) is 0 Å². The molecule has 1 rings (SSSR count). The van der Waals surface area contributed by atoms with E-state index in [1.54, 1.807) is 0 Å². The van der Waals surface area contributed by atoms with Gasteiger partial charge in [0, 0.05) is 6.42 Å². The third kappa shape index (κ3) is 9.03. The van der Waals surface area contributed by atoms with Gasteiger partial charge in [0.05, 0.1) is 12.2 Å². The maximum absolute atomic E-state index is 12.1. The number of halogens is 6. The van der Waals surface area contributed by atoms with Crippen LogP contribution < -0.4 is 0 Å². The quantitative estimate of drug-likeness (QED) is 0.494. The molecule has 6 nitrogen and oxygen atoms in total. The van der Waals surface area contributed by atoms with Gasteiger partial charge < -0.3 is 0 Å². The molecule has 2 unspecified atom stereocenters. The summed E-state index contributed by atoms with van der Waals surface area (Å²) >= 11 is 0. The summed E-state index contributed by atoms with van der Waals surface area (Å²) in [5, 5.41) is 0. The molecule has 1 aliphatic rings. The molecule has 0 aromatic rings. The Labute approximate surface area is 134 Å². The van der Waals surface area contributed by atoms with Gasteiger partial charge in [0.2, 0.25) is 0 Å². The van der Waals surface area contributed by atoms with E-state index in [0.717, 1.165) is 0 Å². The van der Waals surface area contributed by atoms with Crippen molar-refractivity contribution < 1.29 is 51.5 Å². The highest BCUT2D eigenvalue weighted by molar-refractivity contribution is 7.87.